The summed E-state index contributed by atoms with van der Waals surface area (Å²) in [5.41, 5.74) is 1.53. The summed E-state index contributed by atoms with van der Waals surface area (Å²) < 4.78 is 40.9. The average molecular weight is 351 g/mol. The molecule has 1 amide bonds. The normalized spacial score (nSPS) is 12.5. The molecule has 1 atom stereocenters. The summed E-state index contributed by atoms with van der Waals surface area (Å²) >= 11 is 0. The van der Waals surface area contributed by atoms with Gasteiger partial charge in [0.1, 0.15) is 5.75 Å². The van der Waals surface area contributed by atoms with Crippen molar-refractivity contribution in [1.29, 1.82) is 0 Å². The van der Waals surface area contributed by atoms with Gasteiger partial charge in [-0.25, -0.2) is 0 Å². The molecule has 1 N–H and O–H groups in total. The standard InChI is InChI=1S/C19H20F3NO2/c1-2-14(15-6-4-3-5-7-15)12-23-18(24)16-8-10-17(11-9-16)25-13-19(20,21)22/h3-11,14H,2,12-13H2,1H3,(H,23,24). The first-order chi connectivity index (χ1) is 11.9. The Bertz CT molecular complexity index is 669. The third-order valence-corrected chi connectivity index (χ3v) is 3.79. The zero-order valence-electron chi connectivity index (χ0n) is 13.8. The number of hydrogen-bond acceptors (Lipinski definition) is 2. The topological polar surface area (TPSA) is 38.3 Å². The van der Waals surface area contributed by atoms with Crippen LogP contribution in [0.1, 0.15) is 35.2 Å². The van der Waals surface area contributed by atoms with E-state index in [1.165, 1.54) is 24.3 Å². The second-order valence-corrected chi connectivity index (χ2v) is 5.65. The molecular formula is C19H20F3NO2. The van der Waals surface area contributed by atoms with Gasteiger partial charge in [0.2, 0.25) is 0 Å². The molecule has 0 aliphatic heterocycles. The van der Waals surface area contributed by atoms with Gasteiger partial charge in [0.15, 0.2) is 6.61 Å². The molecule has 1 unspecified atom stereocenters. The molecule has 0 saturated heterocycles. The average Bonchev–Trinajstić information content (AvgIpc) is 2.61. The number of ether oxygens (including phenoxy) is 1. The second-order valence-electron chi connectivity index (χ2n) is 5.65. The predicted molar refractivity (Wildman–Crippen MR) is 89.8 cm³/mol. The first-order valence-corrected chi connectivity index (χ1v) is 8.02. The van der Waals surface area contributed by atoms with Gasteiger partial charge in [0, 0.05) is 18.0 Å². The summed E-state index contributed by atoms with van der Waals surface area (Å²) in [7, 11) is 0. The summed E-state index contributed by atoms with van der Waals surface area (Å²) in [5.74, 6) is 0.0147. The molecule has 0 aliphatic carbocycles. The molecule has 0 fully saturated rings. The molecule has 0 heterocycles. The fourth-order valence-corrected chi connectivity index (χ4v) is 2.41. The summed E-state index contributed by atoms with van der Waals surface area (Å²) in [6, 6.07) is 15.5. The minimum absolute atomic E-state index is 0.0737. The molecule has 0 spiro atoms. The van der Waals surface area contributed by atoms with E-state index in [1.54, 1.807) is 0 Å². The van der Waals surface area contributed by atoms with Gasteiger partial charge in [-0.2, -0.15) is 13.2 Å². The lowest BCUT2D eigenvalue weighted by molar-refractivity contribution is -0.153. The van der Waals surface area contributed by atoms with Gasteiger partial charge in [-0.15, -0.1) is 0 Å². The first-order valence-electron chi connectivity index (χ1n) is 8.02. The molecule has 0 radical (unpaired) electrons. The summed E-state index contributed by atoms with van der Waals surface area (Å²) in [6.07, 6.45) is -3.50. The van der Waals surface area contributed by atoms with Crippen molar-refractivity contribution in [2.75, 3.05) is 13.2 Å². The molecule has 2 aromatic carbocycles. The van der Waals surface area contributed by atoms with Crippen molar-refractivity contribution in [3.63, 3.8) is 0 Å². The maximum Gasteiger partial charge on any atom is 0.422 e. The van der Waals surface area contributed by atoms with Gasteiger partial charge in [0.05, 0.1) is 0 Å². The summed E-state index contributed by atoms with van der Waals surface area (Å²) in [6.45, 7) is 1.19. The molecular weight excluding hydrogens is 331 g/mol. The van der Waals surface area contributed by atoms with Gasteiger partial charge in [-0.05, 0) is 36.2 Å². The molecule has 0 aliphatic rings. The van der Waals surface area contributed by atoms with Crippen LogP contribution in [0.4, 0.5) is 13.2 Å². The monoisotopic (exact) mass is 351 g/mol. The van der Waals surface area contributed by atoms with Crippen LogP contribution in [0.5, 0.6) is 5.75 Å². The number of rotatable bonds is 7. The molecule has 134 valence electrons. The Hall–Kier alpha value is -2.50. The lowest BCUT2D eigenvalue weighted by Crippen LogP contribution is -2.28. The highest BCUT2D eigenvalue weighted by atomic mass is 19.4. The number of carbonyl (C=O) groups excluding carboxylic acids is 1. The Kier molecular flexibility index (Phi) is 6.44. The molecule has 2 aromatic rings. The Balaban J connectivity index is 1.90. The summed E-state index contributed by atoms with van der Waals surface area (Å²) in [5, 5.41) is 2.86. The molecule has 3 nitrogen and oxygen atoms in total. The number of nitrogens with one attached hydrogen (secondary N) is 1. The lowest BCUT2D eigenvalue weighted by Gasteiger charge is -2.16. The SMILES string of the molecule is CCC(CNC(=O)c1ccc(OCC(F)(F)F)cc1)c1ccccc1. The maximum absolute atomic E-state index is 12.2. The van der Waals surface area contributed by atoms with E-state index in [0.717, 1.165) is 12.0 Å². The highest BCUT2D eigenvalue weighted by molar-refractivity contribution is 5.94. The van der Waals surface area contributed by atoms with E-state index in [9.17, 15) is 18.0 Å². The smallest absolute Gasteiger partial charge is 0.422 e. The van der Waals surface area contributed by atoms with Gasteiger partial charge in [-0.3, -0.25) is 4.79 Å². The van der Waals surface area contributed by atoms with Crippen LogP contribution in [0.15, 0.2) is 54.6 Å². The first kappa shape index (κ1) is 18.8. The number of amides is 1. The van der Waals surface area contributed by atoms with Crippen LogP contribution in [-0.2, 0) is 0 Å². The van der Waals surface area contributed by atoms with Crippen LogP contribution in [0.3, 0.4) is 0 Å². The number of halogens is 3. The van der Waals surface area contributed by atoms with Gasteiger partial charge >= 0.3 is 6.18 Å². The largest absolute Gasteiger partial charge is 0.484 e. The van der Waals surface area contributed by atoms with E-state index < -0.39 is 12.8 Å². The van der Waals surface area contributed by atoms with Crippen molar-refractivity contribution in [3.05, 3.63) is 65.7 Å². The van der Waals surface area contributed by atoms with E-state index in [1.807, 2.05) is 30.3 Å². The minimum Gasteiger partial charge on any atom is -0.484 e. The number of alkyl halides is 3. The van der Waals surface area contributed by atoms with Gasteiger partial charge < -0.3 is 10.1 Å². The highest BCUT2D eigenvalue weighted by Gasteiger charge is 2.28. The Morgan fingerprint density at radius 1 is 1.08 bits per heavy atom. The van der Waals surface area contributed by atoms with Crippen LogP contribution in [0.2, 0.25) is 0 Å². The van der Waals surface area contributed by atoms with Crippen LogP contribution in [0, 0.1) is 0 Å². The maximum atomic E-state index is 12.2. The number of hydrogen-bond donors (Lipinski definition) is 1. The van der Waals surface area contributed by atoms with Crippen LogP contribution in [0.25, 0.3) is 0 Å². The fraction of sp³-hybridized carbons (Fsp3) is 0.316. The van der Waals surface area contributed by atoms with Crippen molar-refractivity contribution in [2.45, 2.75) is 25.4 Å². The molecule has 0 bridgehead atoms. The van der Waals surface area contributed by atoms with Crippen molar-refractivity contribution in [1.82, 2.24) is 5.32 Å². The second kappa shape index (κ2) is 8.55. The van der Waals surface area contributed by atoms with E-state index in [0.29, 0.717) is 12.1 Å². The minimum atomic E-state index is -4.39. The van der Waals surface area contributed by atoms with Gasteiger partial charge in [0.25, 0.3) is 5.91 Å². The van der Waals surface area contributed by atoms with Crippen molar-refractivity contribution in [2.24, 2.45) is 0 Å². The van der Waals surface area contributed by atoms with E-state index in [2.05, 4.69) is 17.0 Å². The van der Waals surface area contributed by atoms with Crippen molar-refractivity contribution < 1.29 is 22.7 Å². The number of carbonyl (C=O) groups is 1. The van der Waals surface area contributed by atoms with Crippen molar-refractivity contribution >= 4 is 5.91 Å². The zero-order valence-corrected chi connectivity index (χ0v) is 13.8. The quantitative estimate of drug-likeness (QED) is 0.795. The van der Waals surface area contributed by atoms with E-state index >= 15 is 0 Å². The molecule has 2 rings (SSSR count). The predicted octanol–water partition coefficient (Wildman–Crippen LogP) is 4.55. The molecule has 6 heteroatoms. The van der Waals surface area contributed by atoms with E-state index in [4.69, 9.17) is 0 Å². The van der Waals surface area contributed by atoms with Crippen molar-refractivity contribution in [3.8, 4) is 5.75 Å². The Morgan fingerprint density at radius 2 is 1.72 bits per heavy atom. The number of benzene rings is 2. The Morgan fingerprint density at radius 3 is 2.28 bits per heavy atom. The zero-order chi connectivity index (χ0) is 18.3. The fourth-order valence-electron chi connectivity index (χ4n) is 2.41. The third-order valence-electron chi connectivity index (χ3n) is 3.79. The highest BCUT2D eigenvalue weighted by Crippen LogP contribution is 2.20. The van der Waals surface area contributed by atoms with Crippen LogP contribution < -0.4 is 10.1 Å². The molecule has 25 heavy (non-hydrogen) atoms. The van der Waals surface area contributed by atoms with E-state index in [-0.39, 0.29) is 17.6 Å². The van der Waals surface area contributed by atoms with Crippen LogP contribution >= 0.6 is 0 Å². The van der Waals surface area contributed by atoms with Crippen LogP contribution in [-0.4, -0.2) is 25.2 Å². The Labute approximate surface area is 144 Å². The lowest BCUT2D eigenvalue weighted by atomic mass is 9.96. The third kappa shape index (κ3) is 6.14. The molecule has 0 aromatic heterocycles. The summed E-state index contributed by atoms with van der Waals surface area (Å²) in [4.78, 5) is 12.2. The molecule has 0 saturated carbocycles. The van der Waals surface area contributed by atoms with Gasteiger partial charge in [-0.1, -0.05) is 37.3 Å².